The molecule has 3 aliphatic rings. The number of carbonyl (C=O) groups is 1. The molecule has 0 aliphatic heterocycles. The normalized spacial score (nSPS) is 36.3. The van der Waals surface area contributed by atoms with Gasteiger partial charge in [-0.3, -0.25) is 4.79 Å². The topological polar surface area (TPSA) is 46.5 Å². The van der Waals surface area contributed by atoms with E-state index in [1.807, 2.05) is 0 Å². The Bertz CT molecular complexity index is 792. The SMILES string of the molecule is CC(C)(C)CC1C(C(=O)OC2(C)CC3CC(C2)C(CC(O)(C(F)(F)F)C(F)(F)F)C3)C1C(C)(C)C. The Morgan fingerprint density at radius 2 is 1.46 bits per heavy atom. The van der Waals surface area contributed by atoms with Crippen LogP contribution in [-0.2, 0) is 9.53 Å². The summed E-state index contributed by atoms with van der Waals surface area (Å²) < 4.78 is 85.6. The van der Waals surface area contributed by atoms with Crippen molar-refractivity contribution in [2.45, 2.75) is 111 Å². The zero-order chi connectivity index (χ0) is 27.0. The summed E-state index contributed by atoms with van der Waals surface area (Å²) >= 11 is 0. The fourth-order valence-corrected chi connectivity index (χ4v) is 7.26. The molecule has 0 aromatic heterocycles. The number of rotatable bonds is 5. The molecular formula is C26H40F6O3. The third-order valence-corrected chi connectivity index (χ3v) is 8.48. The van der Waals surface area contributed by atoms with Gasteiger partial charge in [0.2, 0.25) is 0 Å². The first-order chi connectivity index (χ1) is 15.5. The Balaban J connectivity index is 1.71. The number of fused-ring (bicyclic) bond motifs is 2. The highest BCUT2D eigenvalue weighted by Gasteiger charge is 2.71. The molecule has 3 rings (SSSR count). The first-order valence-electron chi connectivity index (χ1n) is 12.6. The quantitative estimate of drug-likeness (QED) is 0.309. The van der Waals surface area contributed by atoms with Gasteiger partial charge in [0.25, 0.3) is 5.60 Å². The number of hydrogen-bond acceptors (Lipinski definition) is 3. The monoisotopic (exact) mass is 514 g/mol. The summed E-state index contributed by atoms with van der Waals surface area (Å²) in [4.78, 5) is 13.3. The number of carbonyl (C=O) groups excluding carboxylic acids is 1. The van der Waals surface area contributed by atoms with Crippen LogP contribution in [0.5, 0.6) is 0 Å². The number of halogens is 6. The minimum absolute atomic E-state index is 0.0397. The van der Waals surface area contributed by atoms with Crippen molar-refractivity contribution in [1.82, 2.24) is 0 Å². The van der Waals surface area contributed by atoms with Crippen LogP contribution in [-0.4, -0.2) is 34.6 Å². The first kappa shape index (κ1) is 28.6. The fourth-order valence-electron chi connectivity index (χ4n) is 7.26. The van der Waals surface area contributed by atoms with E-state index in [0.717, 1.165) is 6.42 Å². The minimum Gasteiger partial charge on any atom is -0.459 e. The van der Waals surface area contributed by atoms with Crippen molar-refractivity contribution in [3.63, 3.8) is 0 Å². The average Bonchev–Trinajstić information content (AvgIpc) is 3.23. The third kappa shape index (κ3) is 5.80. The third-order valence-electron chi connectivity index (χ3n) is 8.48. The van der Waals surface area contributed by atoms with E-state index < -0.39 is 41.8 Å². The van der Waals surface area contributed by atoms with Gasteiger partial charge < -0.3 is 9.84 Å². The lowest BCUT2D eigenvalue weighted by atomic mass is 9.75. The van der Waals surface area contributed by atoms with Crippen LogP contribution in [0.25, 0.3) is 0 Å². The van der Waals surface area contributed by atoms with Gasteiger partial charge in [-0.05, 0) is 85.9 Å². The molecular weight excluding hydrogens is 474 g/mol. The highest BCUT2D eigenvalue weighted by Crippen LogP contribution is 2.62. The molecule has 3 saturated carbocycles. The van der Waals surface area contributed by atoms with Crippen molar-refractivity contribution in [3.8, 4) is 0 Å². The highest BCUT2D eigenvalue weighted by atomic mass is 19.4. The lowest BCUT2D eigenvalue weighted by Gasteiger charge is -2.39. The lowest BCUT2D eigenvalue weighted by molar-refractivity contribution is -0.373. The highest BCUT2D eigenvalue weighted by molar-refractivity contribution is 5.77. The summed E-state index contributed by atoms with van der Waals surface area (Å²) in [6.07, 6.45) is -10.9. The Hall–Kier alpha value is -0.990. The lowest BCUT2D eigenvalue weighted by Crippen LogP contribution is -2.58. The molecule has 0 saturated heterocycles. The van der Waals surface area contributed by atoms with Gasteiger partial charge in [-0.1, -0.05) is 41.5 Å². The van der Waals surface area contributed by atoms with Crippen LogP contribution in [0.4, 0.5) is 26.3 Å². The Kier molecular flexibility index (Phi) is 6.96. The predicted molar refractivity (Wildman–Crippen MR) is 119 cm³/mol. The van der Waals surface area contributed by atoms with Crippen LogP contribution in [0.3, 0.4) is 0 Å². The van der Waals surface area contributed by atoms with Crippen molar-refractivity contribution in [2.24, 2.45) is 46.3 Å². The van der Waals surface area contributed by atoms with Gasteiger partial charge in [-0.2, -0.15) is 26.3 Å². The molecule has 3 aliphatic carbocycles. The summed E-state index contributed by atoms with van der Waals surface area (Å²) in [6, 6.07) is 0. The van der Waals surface area contributed by atoms with Crippen LogP contribution in [0.1, 0.15) is 87.0 Å². The summed E-state index contributed by atoms with van der Waals surface area (Å²) in [5, 5.41) is 9.71. The Morgan fingerprint density at radius 3 is 1.91 bits per heavy atom. The average molecular weight is 515 g/mol. The minimum atomic E-state index is -5.81. The van der Waals surface area contributed by atoms with Gasteiger partial charge >= 0.3 is 18.3 Å². The first-order valence-corrected chi connectivity index (χ1v) is 12.6. The second kappa shape index (κ2) is 8.52. The molecule has 35 heavy (non-hydrogen) atoms. The molecule has 0 heterocycles. The van der Waals surface area contributed by atoms with E-state index in [9.17, 15) is 36.2 Å². The maximum atomic E-state index is 13.3. The molecule has 7 unspecified atom stereocenters. The molecule has 3 fully saturated rings. The van der Waals surface area contributed by atoms with Crippen LogP contribution < -0.4 is 0 Å². The van der Waals surface area contributed by atoms with Gasteiger partial charge in [-0.15, -0.1) is 0 Å². The number of esters is 1. The van der Waals surface area contributed by atoms with Gasteiger partial charge in [0, 0.05) is 0 Å². The fraction of sp³-hybridized carbons (Fsp3) is 0.962. The second-order valence-electron chi connectivity index (χ2n) is 14.0. The van der Waals surface area contributed by atoms with Crippen molar-refractivity contribution in [1.29, 1.82) is 0 Å². The van der Waals surface area contributed by atoms with Crippen molar-refractivity contribution >= 4 is 5.97 Å². The molecule has 204 valence electrons. The summed E-state index contributed by atoms with van der Waals surface area (Å²) in [5.41, 5.74) is -5.70. The van der Waals surface area contributed by atoms with E-state index >= 15 is 0 Å². The van der Waals surface area contributed by atoms with Gasteiger partial charge in [-0.25, -0.2) is 0 Å². The largest absolute Gasteiger partial charge is 0.459 e. The molecule has 1 N–H and O–H groups in total. The summed E-state index contributed by atoms with van der Waals surface area (Å²) in [6.45, 7) is 14.4. The molecule has 0 aromatic carbocycles. The van der Waals surface area contributed by atoms with Crippen LogP contribution in [0.2, 0.25) is 0 Å². The maximum absolute atomic E-state index is 13.3. The molecule has 3 nitrogen and oxygen atoms in total. The van der Waals surface area contributed by atoms with Gasteiger partial charge in [0.1, 0.15) is 5.60 Å². The molecule has 2 bridgehead atoms. The van der Waals surface area contributed by atoms with E-state index in [-0.39, 0.29) is 53.3 Å². The van der Waals surface area contributed by atoms with E-state index in [2.05, 4.69) is 41.5 Å². The number of ether oxygens (including phenoxy) is 1. The maximum Gasteiger partial charge on any atom is 0.426 e. The second-order valence-corrected chi connectivity index (χ2v) is 14.0. The zero-order valence-electron chi connectivity index (χ0n) is 21.7. The Labute approximate surface area is 204 Å². The molecule has 0 amide bonds. The summed E-state index contributed by atoms with van der Waals surface area (Å²) in [5.74, 6) is -1.74. The smallest absolute Gasteiger partial charge is 0.426 e. The molecule has 0 aromatic rings. The number of alkyl halides is 6. The van der Waals surface area contributed by atoms with Gasteiger partial charge in [0.15, 0.2) is 0 Å². The molecule has 9 heteroatoms. The molecule has 7 atom stereocenters. The van der Waals surface area contributed by atoms with Crippen LogP contribution in [0, 0.1) is 46.3 Å². The van der Waals surface area contributed by atoms with Crippen molar-refractivity contribution in [3.05, 3.63) is 0 Å². The van der Waals surface area contributed by atoms with E-state index in [1.165, 1.54) is 0 Å². The van der Waals surface area contributed by atoms with E-state index in [1.54, 1.807) is 6.92 Å². The molecule has 0 radical (unpaired) electrons. The zero-order valence-corrected chi connectivity index (χ0v) is 21.7. The van der Waals surface area contributed by atoms with E-state index in [4.69, 9.17) is 4.74 Å². The van der Waals surface area contributed by atoms with Crippen LogP contribution in [0.15, 0.2) is 0 Å². The standard InChI is InChI=1S/C26H40F6O3/c1-21(2,3)13-17-18(19(17)22(4,5)6)20(33)35-23(7)10-14-8-15(11-23)16(9-14)12-24(34,25(27,28)29)26(30,31)32/h14-19,34H,8-13H2,1-7H3. The predicted octanol–water partition coefficient (Wildman–Crippen LogP) is 7.31. The van der Waals surface area contributed by atoms with Crippen molar-refractivity contribution < 1.29 is 41.0 Å². The number of hydrogen-bond donors (Lipinski definition) is 1. The molecule has 0 spiro atoms. The van der Waals surface area contributed by atoms with E-state index in [0.29, 0.717) is 12.8 Å². The van der Waals surface area contributed by atoms with Crippen molar-refractivity contribution in [2.75, 3.05) is 0 Å². The Morgan fingerprint density at radius 1 is 0.914 bits per heavy atom. The summed E-state index contributed by atoms with van der Waals surface area (Å²) in [7, 11) is 0. The van der Waals surface area contributed by atoms with Crippen LogP contribution >= 0.6 is 0 Å². The van der Waals surface area contributed by atoms with Gasteiger partial charge in [0.05, 0.1) is 5.92 Å². The number of aliphatic hydroxyl groups is 1.